The Kier molecular flexibility index (Phi) is 4.66. The SMILES string of the molecule is C[S@](=O)c1ncn(C[C@@H](O)CN2CCc3ccccc3C2)n1. The Morgan fingerprint density at radius 1 is 1.32 bits per heavy atom. The Bertz CT molecular complexity index is 673. The van der Waals surface area contributed by atoms with Crippen LogP contribution in [-0.2, 0) is 30.3 Å². The Balaban J connectivity index is 1.56. The summed E-state index contributed by atoms with van der Waals surface area (Å²) in [5.41, 5.74) is 2.74. The molecule has 118 valence electrons. The van der Waals surface area contributed by atoms with Crippen molar-refractivity contribution in [3.63, 3.8) is 0 Å². The van der Waals surface area contributed by atoms with Crippen molar-refractivity contribution in [3.8, 4) is 0 Å². The van der Waals surface area contributed by atoms with Crippen LogP contribution in [0.5, 0.6) is 0 Å². The van der Waals surface area contributed by atoms with Gasteiger partial charge in [-0.2, -0.15) is 0 Å². The fourth-order valence-electron chi connectivity index (χ4n) is 2.78. The van der Waals surface area contributed by atoms with Gasteiger partial charge in [-0.05, 0) is 17.5 Å². The average molecular weight is 320 g/mol. The molecule has 6 nitrogen and oxygen atoms in total. The fraction of sp³-hybridized carbons (Fsp3) is 0.467. The van der Waals surface area contributed by atoms with E-state index in [4.69, 9.17) is 0 Å². The minimum atomic E-state index is -1.19. The summed E-state index contributed by atoms with van der Waals surface area (Å²) in [6.07, 6.45) is 3.56. The van der Waals surface area contributed by atoms with E-state index in [1.54, 1.807) is 10.9 Å². The van der Waals surface area contributed by atoms with Gasteiger partial charge in [-0.1, -0.05) is 24.3 Å². The molecule has 0 unspecified atom stereocenters. The lowest BCUT2D eigenvalue weighted by molar-refractivity contribution is 0.0885. The number of benzene rings is 1. The van der Waals surface area contributed by atoms with Gasteiger partial charge in [-0.15, -0.1) is 5.10 Å². The molecule has 0 amide bonds. The third-order valence-electron chi connectivity index (χ3n) is 3.85. The van der Waals surface area contributed by atoms with Crippen LogP contribution in [0.15, 0.2) is 35.7 Å². The van der Waals surface area contributed by atoms with E-state index in [1.807, 2.05) is 0 Å². The highest BCUT2D eigenvalue weighted by Gasteiger charge is 2.19. The first-order valence-corrected chi connectivity index (χ1v) is 8.87. The van der Waals surface area contributed by atoms with E-state index >= 15 is 0 Å². The maximum atomic E-state index is 11.3. The predicted molar refractivity (Wildman–Crippen MR) is 83.8 cm³/mol. The molecule has 7 heteroatoms. The minimum Gasteiger partial charge on any atom is -0.390 e. The molecule has 1 N–H and O–H groups in total. The summed E-state index contributed by atoms with van der Waals surface area (Å²) in [4.78, 5) is 6.23. The van der Waals surface area contributed by atoms with E-state index in [-0.39, 0.29) is 0 Å². The molecule has 0 spiro atoms. The van der Waals surface area contributed by atoms with E-state index in [1.165, 1.54) is 17.5 Å². The summed E-state index contributed by atoms with van der Waals surface area (Å²) in [6.45, 7) is 2.78. The lowest BCUT2D eigenvalue weighted by Crippen LogP contribution is -2.38. The van der Waals surface area contributed by atoms with Gasteiger partial charge in [-0.25, -0.2) is 9.67 Å². The normalized spacial score (nSPS) is 17.9. The number of nitrogens with zero attached hydrogens (tertiary/aromatic N) is 4. The van der Waals surface area contributed by atoms with Crippen LogP contribution in [0.3, 0.4) is 0 Å². The van der Waals surface area contributed by atoms with E-state index in [2.05, 4.69) is 39.2 Å². The van der Waals surface area contributed by atoms with Gasteiger partial charge in [0.25, 0.3) is 0 Å². The van der Waals surface area contributed by atoms with Crippen molar-refractivity contribution in [1.82, 2.24) is 19.7 Å². The first-order chi connectivity index (χ1) is 10.6. The molecule has 0 saturated heterocycles. The fourth-order valence-corrected chi connectivity index (χ4v) is 3.19. The Labute approximate surface area is 132 Å². The smallest absolute Gasteiger partial charge is 0.238 e. The van der Waals surface area contributed by atoms with Gasteiger partial charge < -0.3 is 5.11 Å². The van der Waals surface area contributed by atoms with Crippen LogP contribution >= 0.6 is 0 Å². The maximum Gasteiger partial charge on any atom is 0.238 e. The molecule has 22 heavy (non-hydrogen) atoms. The summed E-state index contributed by atoms with van der Waals surface area (Å²) in [6, 6.07) is 8.45. The highest BCUT2D eigenvalue weighted by atomic mass is 32.2. The van der Waals surface area contributed by atoms with Crippen molar-refractivity contribution in [1.29, 1.82) is 0 Å². The second-order valence-corrected chi connectivity index (χ2v) is 6.88. The Morgan fingerprint density at radius 3 is 2.82 bits per heavy atom. The first kappa shape index (κ1) is 15.3. The number of hydrogen-bond donors (Lipinski definition) is 1. The second kappa shape index (κ2) is 6.68. The molecule has 1 aromatic heterocycles. The van der Waals surface area contributed by atoms with Crippen molar-refractivity contribution in [2.24, 2.45) is 0 Å². The molecular weight excluding hydrogens is 300 g/mol. The number of aliphatic hydroxyl groups excluding tert-OH is 1. The van der Waals surface area contributed by atoms with Crippen molar-refractivity contribution >= 4 is 10.8 Å². The molecule has 1 aliphatic heterocycles. The van der Waals surface area contributed by atoms with Crippen LogP contribution in [-0.4, -0.2) is 54.4 Å². The van der Waals surface area contributed by atoms with Gasteiger partial charge in [0.05, 0.1) is 23.4 Å². The summed E-state index contributed by atoms with van der Waals surface area (Å²) >= 11 is 0. The number of hydrogen-bond acceptors (Lipinski definition) is 5. The van der Waals surface area contributed by atoms with Gasteiger partial charge in [0.2, 0.25) is 5.16 Å². The van der Waals surface area contributed by atoms with Crippen molar-refractivity contribution in [2.75, 3.05) is 19.3 Å². The highest BCUT2D eigenvalue weighted by molar-refractivity contribution is 7.84. The van der Waals surface area contributed by atoms with Crippen molar-refractivity contribution in [3.05, 3.63) is 41.7 Å². The first-order valence-electron chi connectivity index (χ1n) is 7.32. The summed E-state index contributed by atoms with van der Waals surface area (Å²) in [5, 5.41) is 14.7. The molecule has 0 fully saturated rings. The third-order valence-corrected chi connectivity index (χ3v) is 4.55. The lowest BCUT2D eigenvalue weighted by atomic mass is 10.00. The largest absolute Gasteiger partial charge is 0.390 e. The van der Waals surface area contributed by atoms with Gasteiger partial charge >= 0.3 is 0 Å². The molecule has 1 aliphatic rings. The molecule has 2 aromatic rings. The van der Waals surface area contributed by atoms with Gasteiger partial charge in [0.1, 0.15) is 6.33 Å². The average Bonchev–Trinajstić information content (AvgIpc) is 2.95. The van der Waals surface area contributed by atoms with E-state index < -0.39 is 16.9 Å². The Morgan fingerprint density at radius 2 is 2.09 bits per heavy atom. The number of rotatable bonds is 5. The minimum absolute atomic E-state index is 0.305. The van der Waals surface area contributed by atoms with E-state index in [0.717, 1.165) is 19.5 Å². The molecule has 2 atom stereocenters. The standard InChI is InChI=1S/C15H20N4O2S/c1-22(21)15-16-11-19(17-15)10-14(20)9-18-7-6-12-4-2-3-5-13(12)8-18/h2-5,11,14,20H,6-10H2,1H3/t14-,22-/m0/s1. The lowest BCUT2D eigenvalue weighted by Gasteiger charge is -2.30. The zero-order chi connectivity index (χ0) is 15.5. The number of aliphatic hydroxyl groups is 1. The zero-order valence-electron chi connectivity index (χ0n) is 12.6. The zero-order valence-corrected chi connectivity index (χ0v) is 13.4. The van der Waals surface area contributed by atoms with Gasteiger partial charge in [0, 0.05) is 25.9 Å². The van der Waals surface area contributed by atoms with Crippen LogP contribution in [0.25, 0.3) is 0 Å². The van der Waals surface area contributed by atoms with Crippen LogP contribution in [0, 0.1) is 0 Å². The highest BCUT2D eigenvalue weighted by Crippen LogP contribution is 2.18. The molecule has 0 radical (unpaired) electrons. The van der Waals surface area contributed by atoms with Crippen LogP contribution < -0.4 is 0 Å². The molecule has 1 aromatic carbocycles. The predicted octanol–water partition coefficient (Wildman–Crippen LogP) is 0.435. The third kappa shape index (κ3) is 3.60. The monoisotopic (exact) mass is 320 g/mol. The maximum absolute atomic E-state index is 11.3. The summed E-state index contributed by atoms with van der Waals surface area (Å²) in [7, 11) is -1.19. The second-order valence-electron chi connectivity index (χ2n) is 5.61. The van der Waals surface area contributed by atoms with Crippen LogP contribution in [0.1, 0.15) is 11.1 Å². The van der Waals surface area contributed by atoms with Crippen molar-refractivity contribution in [2.45, 2.75) is 30.8 Å². The molecule has 0 bridgehead atoms. The molecule has 0 aliphatic carbocycles. The van der Waals surface area contributed by atoms with E-state index in [9.17, 15) is 9.32 Å². The molecular formula is C15H20N4O2S. The number of β-amino-alcohol motifs (C(OH)–C–C–N with tert-alkyl or cyclic N) is 1. The van der Waals surface area contributed by atoms with Gasteiger partial charge in [-0.3, -0.25) is 9.11 Å². The Hall–Kier alpha value is -1.57. The molecule has 0 saturated carbocycles. The number of fused-ring (bicyclic) bond motifs is 1. The number of aromatic nitrogens is 3. The van der Waals surface area contributed by atoms with Crippen LogP contribution in [0.4, 0.5) is 0 Å². The van der Waals surface area contributed by atoms with E-state index in [0.29, 0.717) is 18.2 Å². The topological polar surface area (TPSA) is 71.2 Å². The molecule has 2 heterocycles. The van der Waals surface area contributed by atoms with Crippen LogP contribution in [0.2, 0.25) is 0 Å². The summed E-state index contributed by atoms with van der Waals surface area (Å²) < 4.78 is 12.8. The quantitative estimate of drug-likeness (QED) is 0.865. The van der Waals surface area contributed by atoms with Gasteiger partial charge in [0.15, 0.2) is 0 Å². The van der Waals surface area contributed by atoms with Crippen molar-refractivity contribution < 1.29 is 9.32 Å². The summed E-state index contributed by atoms with van der Waals surface area (Å²) in [5.74, 6) is 0. The molecule has 3 rings (SSSR count).